The van der Waals surface area contributed by atoms with Crippen LogP contribution in [0.15, 0.2) is 42.9 Å². The number of nitrogens with one attached hydrogen (secondary N) is 3. The predicted molar refractivity (Wildman–Crippen MR) is 90.0 cm³/mol. The molecule has 0 radical (unpaired) electrons. The Hall–Kier alpha value is -3.01. The van der Waals surface area contributed by atoms with E-state index in [0.717, 1.165) is 11.8 Å². The fraction of sp³-hybridized carbons (Fsp3) is 0.133. The van der Waals surface area contributed by atoms with Gasteiger partial charge in [0, 0.05) is 18.1 Å². The van der Waals surface area contributed by atoms with Gasteiger partial charge in [-0.05, 0) is 24.3 Å². The van der Waals surface area contributed by atoms with E-state index in [0.29, 0.717) is 5.69 Å². The summed E-state index contributed by atoms with van der Waals surface area (Å²) in [6.45, 7) is 0. The van der Waals surface area contributed by atoms with Gasteiger partial charge in [0.25, 0.3) is 5.91 Å². The van der Waals surface area contributed by atoms with E-state index in [4.69, 9.17) is 0 Å². The molecule has 25 heavy (non-hydrogen) atoms. The standard InChI is InChI=1S/C15H14FN5O3S/c16-10-1-3-11(4-2-10)19-13(22)8-25-9-14(23)20-21-15(24)12-7-17-5-6-18-12/h1-7H,8-9H2,(H,19,22)(H,20,23)(H,21,24). The number of anilines is 1. The van der Waals surface area contributed by atoms with Gasteiger partial charge in [-0.15, -0.1) is 11.8 Å². The SMILES string of the molecule is O=C(CSCC(=O)Nc1ccc(F)cc1)NNC(=O)c1cnccn1. The van der Waals surface area contributed by atoms with Crippen LogP contribution in [-0.4, -0.2) is 39.2 Å². The number of carbonyl (C=O) groups is 3. The Kier molecular flexibility index (Phi) is 6.84. The fourth-order valence-corrected chi connectivity index (χ4v) is 2.23. The van der Waals surface area contributed by atoms with Crippen molar-refractivity contribution in [3.8, 4) is 0 Å². The average molecular weight is 363 g/mol. The maximum Gasteiger partial charge on any atom is 0.289 e. The molecule has 3 N–H and O–H groups in total. The highest BCUT2D eigenvalue weighted by molar-refractivity contribution is 8.00. The Bertz CT molecular complexity index is 743. The van der Waals surface area contributed by atoms with E-state index >= 15 is 0 Å². The van der Waals surface area contributed by atoms with Gasteiger partial charge in [0.05, 0.1) is 17.7 Å². The Labute approximate surface area is 146 Å². The summed E-state index contributed by atoms with van der Waals surface area (Å²) in [6.07, 6.45) is 4.03. The zero-order valence-corrected chi connectivity index (χ0v) is 13.7. The number of benzene rings is 1. The molecule has 3 amide bonds. The molecule has 0 atom stereocenters. The van der Waals surface area contributed by atoms with E-state index < -0.39 is 17.6 Å². The molecule has 0 aliphatic heterocycles. The molecule has 0 fully saturated rings. The van der Waals surface area contributed by atoms with Crippen LogP contribution in [0.4, 0.5) is 10.1 Å². The third-order valence-corrected chi connectivity index (χ3v) is 3.64. The van der Waals surface area contributed by atoms with Crippen LogP contribution in [0.5, 0.6) is 0 Å². The molecule has 0 aliphatic rings. The monoisotopic (exact) mass is 363 g/mol. The number of hydrogen-bond donors (Lipinski definition) is 3. The van der Waals surface area contributed by atoms with Crippen molar-refractivity contribution in [2.75, 3.05) is 16.8 Å². The Morgan fingerprint density at radius 3 is 2.40 bits per heavy atom. The van der Waals surface area contributed by atoms with E-state index in [1.54, 1.807) is 0 Å². The van der Waals surface area contributed by atoms with Gasteiger partial charge < -0.3 is 5.32 Å². The summed E-state index contributed by atoms with van der Waals surface area (Å²) in [5, 5.41) is 2.57. The van der Waals surface area contributed by atoms with Crippen LogP contribution in [0.1, 0.15) is 10.5 Å². The summed E-state index contributed by atoms with van der Waals surface area (Å²) in [5.74, 6) is -1.79. The summed E-state index contributed by atoms with van der Waals surface area (Å²) in [4.78, 5) is 42.4. The largest absolute Gasteiger partial charge is 0.325 e. The van der Waals surface area contributed by atoms with Crippen molar-refractivity contribution in [3.63, 3.8) is 0 Å². The number of rotatable bonds is 6. The highest BCUT2D eigenvalue weighted by atomic mass is 32.2. The molecule has 0 bridgehead atoms. The van der Waals surface area contributed by atoms with Gasteiger partial charge in [-0.1, -0.05) is 0 Å². The van der Waals surface area contributed by atoms with Crippen LogP contribution < -0.4 is 16.2 Å². The topological polar surface area (TPSA) is 113 Å². The highest BCUT2D eigenvalue weighted by Crippen LogP contribution is 2.09. The van der Waals surface area contributed by atoms with E-state index in [9.17, 15) is 18.8 Å². The molecule has 10 heteroatoms. The average Bonchev–Trinajstić information content (AvgIpc) is 2.62. The fourth-order valence-electron chi connectivity index (χ4n) is 1.61. The zero-order chi connectivity index (χ0) is 18.1. The molecule has 1 heterocycles. The molecule has 2 aromatic rings. The minimum Gasteiger partial charge on any atom is -0.325 e. The summed E-state index contributed by atoms with van der Waals surface area (Å²) in [5.41, 5.74) is 4.93. The molecule has 0 saturated carbocycles. The van der Waals surface area contributed by atoms with Gasteiger partial charge in [-0.2, -0.15) is 0 Å². The molecular formula is C15H14FN5O3S. The molecular weight excluding hydrogens is 349 g/mol. The number of carbonyl (C=O) groups excluding carboxylic acids is 3. The Morgan fingerprint density at radius 1 is 1.00 bits per heavy atom. The van der Waals surface area contributed by atoms with Crippen LogP contribution in [0.25, 0.3) is 0 Å². The minimum atomic E-state index is -0.597. The number of halogens is 1. The van der Waals surface area contributed by atoms with Crippen molar-refractivity contribution in [1.29, 1.82) is 0 Å². The Balaban J connectivity index is 1.64. The first-order valence-corrected chi connectivity index (χ1v) is 8.18. The third-order valence-electron chi connectivity index (χ3n) is 2.71. The second-order valence-corrected chi connectivity index (χ2v) is 5.63. The molecule has 130 valence electrons. The molecule has 0 saturated heterocycles. The summed E-state index contributed by atoms with van der Waals surface area (Å²) in [7, 11) is 0. The lowest BCUT2D eigenvalue weighted by molar-refractivity contribution is -0.119. The number of aromatic nitrogens is 2. The lowest BCUT2D eigenvalue weighted by Crippen LogP contribution is -2.43. The van der Waals surface area contributed by atoms with Crippen LogP contribution in [0.3, 0.4) is 0 Å². The minimum absolute atomic E-state index is 0.0302. The van der Waals surface area contributed by atoms with Crippen molar-refractivity contribution in [1.82, 2.24) is 20.8 Å². The van der Waals surface area contributed by atoms with Crippen molar-refractivity contribution in [2.24, 2.45) is 0 Å². The summed E-state index contributed by atoms with van der Waals surface area (Å²) < 4.78 is 12.8. The first kappa shape index (κ1) is 18.3. The van der Waals surface area contributed by atoms with Crippen molar-refractivity contribution in [2.45, 2.75) is 0 Å². The predicted octanol–water partition coefficient (Wildman–Crippen LogP) is 0.749. The van der Waals surface area contributed by atoms with Crippen LogP contribution >= 0.6 is 11.8 Å². The number of nitrogens with zero attached hydrogens (tertiary/aromatic N) is 2. The van der Waals surface area contributed by atoms with Gasteiger partial charge >= 0.3 is 0 Å². The lowest BCUT2D eigenvalue weighted by atomic mass is 10.3. The van der Waals surface area contributed by atoms with Gasteiger partial charge in [-0.3, -0.25) is 30.2 Å². The number of thioether (sulfide) groups is 1. The second kappa shape index (κ2) is 9.33. The molecule has 1 aromatic heterocycles. The Morgan fingerprint density at radius 2 is 1.72 bits per heavy atom. The highest BCUT2D eigenvalue weighted by Gasteiger charge is 2.09. The zero-order valence-electron chi connectivity index (χ0n) is 12.9. The smallest absolute Gasteiger partial charge is 0.289 e. The molecule has 0 spiro atoms. The molecule has 2 rings (SSSR count). The molecule has 0 unspecified atom stereocenters. The maximum atomic E-state index is 12.8. The molecule has 8 nitrogen and oxygen atoms in total. The summed E-state index contributed by atoms with van der Waals surface area (Å²) >= 11 is 1.06. The van der Waals surface area contributed by atoms with E-state index in [2.05, 4.69) is 26.1 Å². The van der Waals surface area contributed by atoms with Crippen molar-refractivity contribution in [3.05, 3.63) is 54.4 Å². The van der Waals surface area contributed by atoms with Gasteiger partial charge in [-0.25, -0.2) is 9.37 Å². The van der Waals surface area contributed by atoms with Crippen LogP contribution in [-0.2, 0) is 9.59 Å². The number of hydrazine groups is 1. The van der Waals surface area contributed by atoms with Gasteiger partial charge in [0.1, 0.15) is 11.5 Å². The van der Waals surface area contributed by atoms with Crippen molar-refractivity contribution < 1.29 is 18.8 Å². The second-order valence-electron chi connectivity index (χ2n) is 4.64. The lowest BCUT2D eigenvalue weighted by Gasteiger charge is -2.07. The van der Waals surface area contributed by atoms with Gasteiger partial charge in [0.15, 0.2) is 0 Å². The third kappa shape index (κ3) is 6.55. The first-order valence-electron chi connectivity index (χ1n) is 7.03. The maximum absolute atomic E-state index is 12.8. The number of hydrogen-bond acceptors (Lipinski definition) is 6. The van der Waals surface area contributed by atoms with E-state index in [-0.39, 0.29) is 23.1 Å². The van der Waals surface area contributed by atoms with Crippen LogP contribution in [0.2, 0.25) is 0 Å². The quantitative estimate of drug-likeness (QED) is 0.653. The van der Waals surface area contributed by atoms with Gasteiger partial charge in [0.2, 0.25) is 11.8 Å². The van der Waals surface area contributed by atoms with Crippen LogP contribution in [0, 0.1) is 5.82 Å². The normalized spacial score (nSPS) is 9.96. The first-order chi connectivity index (χ1) is 12.0. The molecule has 1 aromatic carbocycles. The van der Waals surface area contributed by atoms with E-state index in [1.807, 2.05) is 0 Å². The summed E-state index contributed by atoms with van der Waals surface area (Å²) in [6, 6.07) is 5.34. The molecule has 0 aliphatic carbocycles. The number of amides is 3. The van der Waals surface area contributed by atoms with Crippen molar-refractivity contribution >= 4 is 35.2 Å². The van der Waals surface area contributed by atoms with E-state index in [1.165, 1.54) is 42.9 Å².